The van der Waals surface area contributed by atoms with Gasteiger partial charge in [-0.05, 0) is 25.1 Å². The zero-order valence-electron chi connectivity index (χ0n) is 14.8. The lowest BCUT2D eigenvalue weighted by Gasteiger charge is -2.35. The Balaban J connectivity index is 1.41. The first-order chi connectivity index (χ1) is 12.7. The lowest BCUT2D eigenvalue weighted by molar-refractivity contribution is 0.396. The molecule has 0 bridgehead atoms. The number of piperazine rings is 1. The third-order valence-electron chi connectivity index (χ3n) is 4.31. The van der Waals surface area contributed by atoms with E-state index in [2.05, 4.69) is 35.1 Å². The molecule has 1 aliphatic rings. The summed E-state index contributed by atoms with van der Waals surface area (Å²) >= 11 is 0. The Morgan fingerprint density at radius 3 is 2.31 bits per heavy atom. The van der Waals surface area contributed by atoms with E-state index in [1.165, 1.54) is 0 Å². The van der Waals surface area contributed by atoms with Gasteiger partial charge in [0.15, 0.2) is 11.6 Å². The molecule has 4 rings (SSSR count). The number of anilines is 2. The van der Waals surface area contributed by atoms with E-state index in [-0.39, 0.29) is 0 Å². The summed E-state index contributed by atoms with van der Waals surface area (Å²) in [6.07, 6.45) is 3.60. The maximum absolute atomic E-state index is 5.17. The molecule has 0 unspecified atom stereocenters. The van der Waals surface area contributed by atoms with E-state index < -0.39 is 0 Å². The first kappa shape index (κ1) is 16.2. The second kappa shape index (κ2) is 6.95. The van der Waals surface area contributed by atoms with Crippen LogP contribution in [-0.4, -0.2) is 63.2 Å². The van der Waals surface area contributed by atoms with Crippen molar-refractivity contribution in [2.45, 2.75) is 6.92 Å². The molecule has 0 aliphatic carbocycles. The molecule has 0 radical (unpaired) electrons. The molecule has 1 fully saturated rings. The first-order valence-electron chi connectivity index (χ1n) is 8.46. The maximum Gasteiger partial charge on any atom is 0.228 e. The molecule has 26 heavy (non-hydrogen) atoms. The summed E-state index contributed by atoms with van der Waals surface area (Å²) < 4.78 is 6.90. The summed E-state index contributed by atoms with van der Waals surface area (Å²) in [5.41, 5.74) is 0.951. The Morgan fingerprint density at radius 2 is 1.65 bits per heavy atom. The van der Waals surface area contributed by atoms with Crippen molar-refractivity contribution in [3.8, 4) is 11.7 Å². The van der Waals surface area contributed by atoms with Gasteiger partial charge in [-0.25, -0.2) is 9.67 Å². The molecule has 9 heteroatoms. The minimum Gasteiger partial charge on any atom is -0.481 e. The van der Waals surface area contributed by atoms with Gasteiger partial charge in [-0.1, -0.05) is 0 Å². The smallest absolute Gasteiger partial charge is 0.228 e. The zero-order valence-corrected chi connectivity index (χ0v) is 14.8. The van der Waals surface area contributed by atoms with Gasteiger partial charge < -0.3 is 14.5 Å². The Morgan fingerprint density at radius 1 is 0.923 bits per heavy atom. The van der Waals surface area contributed by atoms with E-state index >= 15 is 0 Å². The second-order valence-corrected chi connectivity index (χ2v) is 6.02. The Bertz CT molecular complexity index is 870. The Hall–Kier alpha value is -3.23. The standard InChI is InChI=1S/C17H20N8O/c1-13-6-8-25(22-13)15-4-3-14(20-21-15)23-9-11-24(12-10-23)17-18-7-5-16(19-17)26-2/h3-8H,9-12H2,1-2H3. The SMILES string of the molecule is COc1ccnc(N2CCN(c3ccc(-n4ccc(C)n4)nn3)CC2)n1. The van der Waals surface area contributed by atoms with Gasteiger partial charge in [-0.3, -0.25) is 0 Å². The molecule has 134 valence electrons. The van der Waals surface area contributed by atoms with Gasteiger partial charge in [-0.15, -0.1) is 10.2 Å². The molecule has 0 saturated carbocycles. The third-order valence-corrected chi connectivity index (χ3v) is 4.31. The largest absolute Gasteiger partial charge is 0.481 e. The molecule has 1 saturated heterocycles. The van der Waals surface area contributed by atoms with Gasteiger partial charge in [0.25, 0.3) is 0 Å². The molecular weight excluding hydrogens is 332 g/mol. The fraction of sp³-hybridized carbons (Fsp3) is 0.353. The van der Waals surface area contributed by atoms with Crippen LogP contribution in [0.15, 0.2) is 36.7 Å². The van der Waals surface area contributed by atoms with E-state index in [0.717, 1.165) is 37.7 Å². The molecule has 0 atom stereocenters. The number of hydrogen-bond donors (Lipinski definition) is 0. The summed E-state index contributed by atoms with van der Waals surface area (Å²) in [5.74, 6) is 2.85. The lowest BCUT2D eigenvalue weighted by atomic mass is 10.3. The van der Waals surface area contributed by atoms with Crippen molar-refractivity contribution < 1.29 is 4.74 Å². The fourth-order valence-corrected chi connectivity index (χ4v) is 2.89. The average Bonchev–Trinajstić information content (AvgIpc) is 3.15. The molecule has 0 spiro atoms. The van der Waals surface area contributed by atoms with Crippen LogP contribution in [0.1, 0.15) is 5.69 Å². The second-order valence-electron chi connectivity index (χ2n) is 6.02. The van der Waals surface area contributed by atoms with E-state index in [0.29, 0.717) is 17.6 Å². The van der Waals surface area contributed by atoms with Crippen molar-refractivity contribution >= 4 is 11.8 Å². The minimum atomic E-state index is 0.577. The minimum absolute atomic E-state index is 0.577. The molecule has 4 heterocycles. The van der Waals surface area contributed by atoms with Gasteiger partial charge >= 0.3 is 0 Å². The van der Waals surface area contributed by atoms with E-state index in [9.17, 15) is 0 Å². The molecule has 3 aromatic heterocycles. The van der Waals surface area contributed by atoms with Crippen LogP contribution >= 0.6 is 0 Å². The summed E-state index contributed by atoms with van der Waals surface area (Å²) in [4.78, 5) is 13.1. The van der Waals surface area contributed by atoms with Gasteiger partial charge in [0.05, 0.1) is 12.8 Å². The number of nitrogens with zero attached hydrogens (tertiary/aromatic N) is 8. The highest BCUT2D eigenvalue weighted by molar-refractivity contribution is 5.43. The van der Waals surface area contributed by atoms with Gasteiger partial charge in [0.1, 0.15) is 0 Å². The molecule has 9 nitrogen and oxygen atoms in total. The van der Waals surface area contributed by atoms with E-state index in [1.54, 1.807) is 24.1 Å². The number of aryl methyl sites for hydroxylation is 1. The zero-order chi connectivity index (χ0) is 17.9. The number of rotatable bonds is 4. The summed E-state index contributed by atoms with van der Waals surface area (Å²) in [5, 5.41) is 13.0. The average molecular weight is 352 g/mol. The van der Waals surface area contributed by atoms with Crippen LogP contribution < -0.4 is 14.5 Å². The van der Waals surface area contributed by atoms with Crippen LogP contribution in [0, 0.1) is 6.92 Å². The monoisotopic (exact) mass is 352 g/mol. The maximum atomic E-state index is 5.17. The number of aromatic nitrogens is 6. The van der Waals surface area contributed by atoms with Crippen molar-refractivity contribution in [3.63, 3.8) is 0 Å². The van der Waals surface area contributed by atoms with Crippen LogP contribution in [0.5, 0.6) is 5.88 Å². The first-order valence-corrected chi connectivity index (χ1v) is 8.46. The van der Waals surface area contributed by atoms with Crippen molar-refractivity contribution in [1.82, 2.24) is 29.9 Å². The lowest BCUT2D eigenvalue weighted by Crippen LogP contribution is -2.47. The molecular formula is C17H20N8O. The summed E-state index contributed by atoms with van der Waals surface area (Å²) in [6.45, 7) is 5.23. The highest BCUT2D eigenvalue weighted by Crippen LogP contribution is 2.18. The quantitative estimate of drug-likeness (QED) is 0.690. The normalized spacial score (nSPS) is 14.5. The van der Waals surface area contributed by atoms with Crippen molar-refractivity contribution in [2.75, 3.05) is 43.1 Å². The number of methoxy groups -OCH3 is 1. The Kier molecular flexibility index (Phi) is 4.34. The highest BCUT2D eigenvalue weighted by atomic mass is 16.5. The summed E-state index contributed by atoms with van der Waals surface area (Å²) in [7, 11) is 1.61. The topological polar surface area (TPSA) is 85.1 Å². The predicted molar refractivity (Wildman–Crippen MR) is 96.9 cm³/mol. The van der Waals surface area contributed by atoms with Crippen molar-refractivity contribution in [3.05, 3.63) is 42.4 Å². The van der Waals surface area contributed by atoms with Gasteiger partial charge in [-0.2, -0.15) is 10.1 Å². The molecule has 1 aliphatic heterocycles. The summed E-state index contributed by atoms with van der Waals surface area (Å²) in [6, 6.07) is 7.61. The molecule has 0 N–H and O–H groups in total. The van der Waals surface area contributed by atoms with Crippen LogP contribution in [0.2, 0.25) is 0 Å². The van der Waals surface area contributed by atoms with Gasteiger partial charge in [0.2, 0.25) is 11.8 Å². The van der Waals surface area contributed by atoms with Crippen molar-refractivity contribution in [1.29, 1.82) is 0 Å². The van der Waals surface area contributed by atoms with Crippen LogP contribution in [0.4, 0.5) is 11.8 Å². The Labute approximate surface area is 151 Å². The van der Waals surface area contributed by atoms with Crippen LogP contribution in [0.25, 0.3) is 5.82 Å². The molecule has 0 amide bonds. The third kappa shape index (κ3) is 3.28. The van der Waals surface area contributed by atoms with E-state index in [4.69, 9.17) is 4.74 Å². The van der Waals surface area contributed by atoms with E-state index in [1.807, 2.05) is 31.3 Å². The molecule has 3 aromatic rings. The number of ether oxygens (including phenoxy) is 1. The van der Waals surface area contributed by atoms with Crippen LogP contribution in [0.3, 0.4) is 0 Å². The molecule has 0 aromatic carbocycles. The van der Waals surface area contributed by atoms with Crippen LogP contribution in [-0.2, 0) is 0 Å². The fourth-order valence-electron chi connectivity index (χ4n) is 2.89. The number of hydrogen-bond acceptors (Lipinski definition) is 8. The van der Waals surface area contributed by atoms with Crippen molar-refractivity contribution in [2.24, 2.45) is 0 Å². The van der Waals surface area contributed by atoms with Gasteiger partial charge in [0, 0.05) is 44.6 Å². The highest BCUT2D eigenvalue weighted by Gasteiger charge is 2.20. The predicted octanol–water partition coefficient (Wildman–Crippen LogP) is 1.10.